The number of methoxy groups -OCH3 is 2. The molecule has 6 heteroatoms. The molecule has 0 fully saturated rings. The summed E-state index contributed by atoms with van der Waals surface area (Å²) in [5.74, 6) is 0.907. The molecule has 1 aromatic carbocycles. The molecule has 1 rings (SSSR count). The van der Waals surface area contributed by atoms with Crippen molar-refractivity contribution >= 4 is 5.91 Å². The Kier molecular flexibility index (Phi) is 7.56. The van der Waals surface area contributed by atoms with Gasteiger partial charge in [0.15, 0.2) is 18.1 Å². The number of aliphatic hydroxyl groups is 1. The molecule has 0 saturated carbocycles. The molecule has 0 saturated heterocycles. The Morgan fingerprint density at radius 2 is 2.00 bits per heavy atom. The first-order valence-electron chi connectivity index (χ1n) is 6.77. The van der Waals surface area contributed by atoms with E-state index in [4.69, 9.17) is 19.3 Å². The summed E-state index contributed by atoms with van der Waals surface area (Å²) in [4.78, 5) is 13.6. The van der Waals surface area contributed by atoms with Crippen molar-refractivity contribution in [3.63, 3.8) is 0 Å². The maximum absolute atomic E-state index is 12.1. The predicted octanol–water partition coefficient (Wildman–Crippen LogP) is 0.850. The summed E-state index contributed by atoms with van der Waals surface area (Å²) >= 11 is 0. The molecule has 6 nitrogen and oxygen atoms in total. The van der Waals surface area contributed by atoms with Gasteiger partial charge in [0.2, 0.25) is 0 Å². The van der Waals surface area contributed by atoms with Gasteiger partial charge in [-0.05, 0) is 24.6 Å². The van der Waals surface area contributed by atoms with Crippen LogP contribution in [0.3, 0.4) is 0 Å². The summed E-state index contributed by atoms with van der Waals surface area (Å²) in [7, 11) is 3.12. The lowest BCUT2D eigenvalue weighted by Gasteiger charge is -2.21. The summed E-state index contributed by atoms with van der Waals surface area (Å²) in [6.07, 6.45) is 0. The summed E-state index contributed by atoms with van der Waals surface area (Å²) in [6, 6.07) is 5.50. The number of aryl methyl sites for hydroxylation is 1. The van der Waals surface area contributed by atoms with Gasteiger partial charge in [-0.3, -0.25) is 4.79 Å². The maximum atomic E-state index is 12.1. The Balaban J connectivity index is 2.61. The zero-order valence-corrected chi connectivity index (χ0v) is 12.8. The zero-order valence-electron chi connectivity index (χ0n) is 12.8. The van der Waals surface area contributed by atoms with Gasteiger partial charge in [-0.1, -0.05) is 6.07 Å². The highest BCUT2D eigenvalue weighted by Crippen LogP contribution is 2.27. The SMILES string of the molecule is COCCN(CCO)C(=O)COc1ccc(C)cc1OC. The van der Waals surface area contributed by atoms with E-state index in [1.807, 2.05) is 19.1 Å². The molecule has 0 spiro atoms. The van der Waals surface area contributed by atoms with Crippen LogP contribution in [0, 0.1) is 6.92 Å². The van der Waals surface area contributed by atoms with Gasteiger partial charge in [-0.25, -0.2) is 0 Å². The molecule has 0 aliphatic rings. The van der Waals surface area contributed by atoms with Gasteiger partial charge < -0.3 is 24.2 Å². The highest BCUT2D eigenvalue weighted by Gasteiger charge is 2.14. The first kappa shape index (κ1) is 17.3. The van der Waals surface area contributed by atoms with Crippen molar-refractivity contribution in [3.8, 4) is 11.5 Å². The third-order valence-electron chi connectivity index (χ3n) is 2.96. The van der Waals surface area contributed by atoms with Crippen LogP contribution in [-0.4, -0.2) is 63.0 Å². The summed E-state index contributed by atoms with van der Waals surface area (Å²) in [5.41, 5.74) is 1.05. The third-order valence-corrected chi connectivity index (χ3v) is 2.96. The van der Waals surface area contributed by atoms with Gasteiger partial charge in [0, 0.05) is 20.2 Å². The molecule has 0 heterocycles. The second-order valence-electron chi connectivity index (χ2n) is 4.54. The van der Waals surface area contributed by atoms with E-state index in [1.54, 1.807) is 20.3 Å². The van der Waals surface area contributed by atoms with Crippen LogP contribution in [0.2, 0.25) is 0 Å². The third kappa shape index (κ3) is 5.61. The zero-order chi connectivity index (χ0) is 15.7. The lowest BCUT2D eigenvalue weighted by atomic mass is 10.2. The molecular weight excluding hydrogens is 274 g/mol. The van der Waals surface area contributed by atoms with E-state index in [9.17, 15) is 4.79 Å². The molecule has 0 radical (unpaired) electrons. The molecule has 1 aromatic rings. The maximum Gasteiger partial charge on any atom is 0.260 e. The molecular formula is C15H23NO5. The second kappa shape index (κ2) is 9.20. The molecule has 0 aliphatic heterocycles. The first-order chi connectivity index (χ1) is 10.1. The molecule has 118 valence electrons. The summed E-state index contributed by atoms with van der Waals surface area (Å²) < 4.78 is 15.7. The van der Waals surface area contributed by atoms with Crippen molar-refractivity contribution in [2.45, 2.75) is 6.92 Å². The fourth-order valence-corrected chi connectivity index (χ4v) is 1.81. The van der Waals surface area contributed by atoms with Crippen LogP contribution in [0.1, 0.15) is 5.56 Å². The number of hydrogen-bond donors (Lipinski definition) is 1. The molecule has 0 aliphatic carbocycles. The van der Waals surface area contributed by atoms with Crippen molar-refractivity contribution in [3.05, 3.63) is 23.8 Å². The molecule has 1 amide bonds. The molecule has 0 atom stereocenters. The largest absolute Gasteiger partial charge is 0.493 e. The highest BCUT2D eigenvalue weighted by atomic mass is 16.5. The topological polar surface area (TPSA) is 68.2 Å². The summed E-state index contributed by atoms with van der Waals surface area (Å²) in [6.45, 7) is 2.85. The van der Waals surface area contributed by atoms with Crippen LogP contribution in [0.25, 0.3) is 0 Å². The number of nitrogens with zero attached hydrogens (tertiary/aromatic N) is 1. The van der Waals surface area contributed by atoms with E-state index in [0.29, 0.717) is 24.7 Å². The minimum atomic E-state index is -0.205. The van der Waals surface area contributed by atoms with Crippen molar-refractivity contribution in [2.75, 3.05) is 47.1 Å². The van der Waals surface area contributed by atoms with Crippen LogP contribution < -0.4 is 9.47 Å². The minimum absolute atomic E-state index is 0.0939. The number of ether oxygens (including phenoxy) is 3. The standard InChI is InChI=1S/C15H23NO5/c1-12-4-5-13(14(10-12)20-3)21-11-15(18)16(6-8-17)7-9-19-2/h4-5,10,17H,6-9,11H2,1-3H3. The quantitative estimate of drug-likeness (QED) is 0.732. The Hall–Kier alpha value is -1.79. The number of amides is 1. The van der Waals surface area contributed by atoms with Crippen molar-refractivity contribution < 1.29 is 24.1 Å². The number of carbonyl (C=O) groups excluding carboxylic acids is 1. The van der Waals surface area contributed by atoms with Gasteiger partial charge in [-0.2, -0.15) is 0 Å². The number of benzene rings is 1. The van der Waals surface area contributed by atoms with E-state index in [0.717, 1.165) is 5.56 Å². The Bertz CT molecular complexity index is 450. The Labute approximate surface area is 125 Å². The van der Waals surface area contributed by atoms with Crippen LogP contribution in [0.5, 0.6) is 11.5 Å². The molecule has 0 aromatic heterocycles. The molecule has 0 unspecified atom stereocenters. The van der Waals surface area contributed by atoms with Gasteiger partial charge in [0.1, 0.15) is 0 Å². The molecule has 21 heavy (non-hydrogen) atoms. The number of aliphatic hydroxyl groups excluding tert-OH is 1. The summed E-state index contributed by atoms with van der Waals surface area (Å²) in [5, 5.41) is 8.99. The number of rotatable bonds is 9. The Morgan fingerprint density at radius 3 is 2.62 bits per heavy atom. The van der Waals surface area contributed by atoms with E-state index >= 15 is 0 Å². The highest BCUT2D eigenvalue weighted by molar-refractivity contribution is 5.77. The van der Waals surface area contributed by atoms with Gasteiger partial charge in [-0.15, -0.1) is 0 Å². The van der Waals surface area contributed by atoms with E-state index < -0.39 is 0 Å². The average molecular weight is 297 g/mol. The average Bonchev–Trinajstić information content (AvgIpc) is 2.49. The normalized spacial score (nSPS) is 10.3. The van der Waals surface area contributed by atoms with Gasteiger partial charge in [0.25, 0.3) is 5.91 Å². The van der Waals surface area contributed by atoms with Crippen LogP contribution in [0.4, 0.5) is 0 Å². The predicted molar refractivity (Wildman–Crippen MR) is 78.8 cm³/mol. The van der Waals surface area contributed by atoms with Gasteiger partial charge in [0.05, 0.1) is 20.3 Å². The van der Waals surface area contributed by atoms with Crippen LogP contribution >= 0.6 is 0 Å². The minimum Gasteiger partial charge on any atom is -0.493 e. The van der Waals surface area contributed by atoms with Crippen LogP contribution in [-0.2, 0) is 9.53 Å². The Morgan fingerprint density at radius 1 is 1.24 bits per heavy atom. The second-order valence-corrected chi connectivity index (χ2v) is 4.54. The van der Waals surface area contributed by atoms with E-state index in [1.165, 1.54) is 4.90 Å². The number of carbonyl (C=O) groups is 1. The molecule has 1 N–H and O–H groups in total. The monoisotopic (exact) mass is 297 g/mol. The van der Waals surface area contributed by atoms with Crippen molar-refractivity contribution in [2.24, 2.45) is 0 Å². The molecule has 0 bridgehead atoms. The fraction of sp³-hybridized carbons (Fsp3) is 0.533. The number of hydrogen-bond acceptors (Lipinski definition) is 5. The van der Waals surface area contributed by atoms with Crippen molar-refractivity contribution in [1.29, 1.82) is 0 Å². The van der Waals surface area contributed by atoms with E-state index in [-0.39, 0.29) is 25.7 Å². The van der Waals surface area contributed by atoms with E-state index in [2.05, 4.69) is 0 Å². The fourth-order valence-electron chi connectivity index (χ4n) is 1.81. The smallest absolute Gasteiger partial charge is 0.260 e. The van der Waals surface area contributed by atoms with Crippen molar-refractivity contribution in [1.82, 2.24) is 4.90 Å². The van der Waals surface area contributed by atoms with Gasteiger partial charge >= 0.3 is 0 Å². The lowest BCUT2D eigenvalue weighted by Crippen LogP contribution is -2.39. The van der Waals surface area contributed by atoms with Crippen LogP contribution in [0.15, 0.2) is 18.2 Å². The first-order valence-corrected chi connectivity index (χ1v) is 6.77. The lowest BCUT2D eigenvalue weighted by molar-refractivity contribution is -0.134.